The second kappa shape index (κ2) is 4.36. The molecule has 0 saturated carbocycles. The van der Waals surface area contributed by atoms with Crippen molar-refractivity contribution in [3.63, 3.8) is 0 Å². The first-order valence-electron chi connectivity index (χ1n) is 2.20. The third-order valence-electron chi connectivity index (χ3n) is 0.790. The molecule has 0 fully saturated rings. The van der Waals surface area contributed by atoms with Gasteiger partial charge < -0.3 is 4.55 Å². The van der Waals surface area contributed by atoms with Gasteiger partial charge in [-0.2, -0.15) is 0 Å². The van der Waals surface area contributed by atoms with Gasteiger partial charge in [0, 0.05) is 9.85 Å². The Morgan fingerprint density at radius 1 is 1.55 bits per heavy atom. The molecule has 1 rings (SSSR count). The van der Waals surface area contributed by atoms with Gasteiger partial charge in [-0.25, -0.2) is 8.42 Å². The molecule has 1 aromatic rings. The van der Waals surface area contributed by atoms with Crippen LogP contribution in [0.2, 0.25) is 0 Å². The minimum Gasteiger partial charge on any atom is -0.743 e. The quantitative estimate of drug-likeness (QED) is 0.455. The molecular weight excluding hydrogens is 263 g/mol. The Hall–Kier alpha value is 1.09. The van der Waals surface area contributed by atoms with Crippen LogP contribution >= 0.6 is 27.3 Å². The molecule has 0 spiro atoms. The molecule has 0 bridgehead atoms. The van der Waals surface area contributed by atoms with Crippen molar-refractivity contribution in [3.05, 3.63) is 15.9 Å². The Morgan fingerprint density at radius 3 is 2.27 bits per heavy atom. The first-order valence-corrected chi connectivity index (χ1v) is 5.28. The number of thiophene rings is 1. The minimum atomic E-state index is -4.24. The normalized spacial score (nSPS) is 10.7. The van der Waals surface area contributed by atoms with Crippen LogP contribution in [0.1, 0.15) is 0 Å². The van der Waals surface area contributed by atoms with Crippen molar-refractivity contribution in [3.8, 4) is 0 Å². The van der Waals surface area contributed by atoms with Gasteiger partial charge in [0.15, 0.2) is 0 Å². The Kier molecular flexibility index (Phi) is 4.79. The second-order valence-electron chi connectivity index (χ2n) is 1.54. The summed E-state index contributed by atoms with van der Waals surface area (Å²) >= 11 is 3.94. The summed E-state index contributed by atoms with van der Waals surface area (Å²) < 4.78 is 31.3. The number of rotatable bonds is 1. The van der Waals surface area contributed by atoms with E-state index >= 15 is 0 Å². The van der Waals surface area contributed by atoms with Crippen molar-refractivity contribution >= 4 is 37.4 Å². The molecule has 0 aliphatic carbocycles. The number of hydrogen-bond donors (Lipinski definition) is 0. The number of hydrogen-bond acceptors (Lipinski definition) is 4. The van der Waals surface area contributed by atoms with E-state index in [1.165, 1.54) is 6.07 Å². The van der Waals surface area contributed by atoms with E-state index in [1.807, 2.05) is 0 Å². The van der Waals surface area contributed by atoms with E-state index in [-0.39, 0.29) is 33.8 Å². The average molecular weight is 265 g/mol. The fourth-order valence-corrected chi connectivity index (χ4v) is 2.62. The fourth-order valence-electron chi connectivity index (χ4n) is 0.426. The summed E-state index contributed by atoms with van der Waals surface area (Å²) in [6, 6.07) is 1.28. The molecule has 0 radical (unpaired) electrons. The molecule has 0 saturated heterocycles. The molecule has 0 N–H and O–H groups in total. The van der Waals surface area contributed by atoms with Crippen molar-refractivity contribution in [1.29, 1.82) is 0 Å². The monoisotopic (exact) mass is 264 g/mol. The number of halogens is 1. The van der Waals surface area contributed by atoms with Crippen molar-refractivity contribution in [1.82, 2.24) is 0 Å². The summed E-state index contributed by atoms with van der Waals surface area (Å²) in [5.41, 5.74) is 0. The zero-order valence-corrected chi connectivity index (χ0v) is 10.8. The summed E-state index contributed by atoms with van der Waals surface area (Å²) in [4.78, 5) is 0. The summed E-state index contributed by atoms with van der Waals surface area (Å²) in [7, 11) is -4.24. The molecule has 1 aromatic heterocycles. The zero-order valence-electron chi connectivity index (χ0n) is 5.57. The van der Waals surface area contributed by atoms with E-state index in [0.717, 1.165) is 11.3 Å². The van der Waals surface area contributed by atoms with Gasteiger partial charge >= 0.3 is 29.6 Å². The van der Waals surface area contributed by atoms with Crippen LogP contribution in [0.3, 0.4) is 0 Å². The average Bonchev–Trinajstić information content (AvgIpc) is 2.11. The molecule has 0 aliphatic rings. The van der Waals surface area contributed by atoms with E-state index in [4.69, 9.17) is 0 Å². The summed E-state index contributed by atoms with van der Waals surface area (Å²) in [6.07, 6.45) is 0. The maximum atomic E-state index is 10.3. The minimum absolute atomic E-state index is 0. The Morgan fingerprint density at radius 2 is 2.09 bits per heavy atom. The molecular formula is C4H2BrNaO3S2. The molecule has 0 aromatic carbocycles. The van der Waals surface area contributed by atoms with E-state index in [2.05, 4.69) is 15.9 Å². The molecule has 0 aliphatic heterocycles. The summed E-state index contributed by atoms with van der Waals surface area (Å²) in [5.74, 6) is 0. The smallest absolute Gasteiger partial charge is 0.743 e. The van der Waals surface area contributed by atoms with Crippen molar-refractivity contribution in [2.45, 2.75) is 4.21 Å². The molecule has 3 nitrogen and oxygen atoms in total. The fraction of sp³-hybridized carbons (Fsp3) is 0. The van der Waals surface area contributed by atoms with Crippen LogP contribution in [0.5, 0.6) is 0 Å². The van der Waals surface area contributed by atoms with E-state index in [9.17, 15) is 13.0 Å². The first-order chi connectivity index (χ1) is 4.50. The van der Waals surface area contributed by atoms with Gasteiger partial charge in [0.05, 0.1) is 0 Å². The Bertz CT molecular complexity index is 331. The second-order valence-corrected chi connectivity index (χ2v) is 4.97. The van der Waals surface area contributed by atoms with Crippen LogP contribution in [-0.2, 0) is 10.1 Å². The molecule has 0 atom stereocenters. The SMILES string of the molecule is O=S(=O)([O-])c1cc(Br)cs1.[Na+]. The third-order valence-corrected chi connectivity index (χ3v) is 3.78. The van der Waals surface area contributed by atoms with Crippen LogP contribution in [-0.4, -0.2) is 13.0 Å². The van der Waals surface area contributed by atoms with Gasteiger partial charge in [-0.15, -0.1) is 11.3 Å². The topological polar surface area (TPSA) is 57.2 Å². The molecule has 1 heterocycles. The van der Waals surface area contributed by atoms with Gasteiger partial charge in [-0.1, -0.05) is 0 Å². The van der Waals surface area contributed by atoms with Gasteiger partial charge in [0.1, 0.15) is 14.3 Å². The predicted octanol–water partition coefficient (Wildman–Crippen LogP) is -1.58. The molecule has 0 unspecified atom stereocenters. The van der Waals surface area contributed by atoms with Crippen LogP contribution in [0.15, 0.2) is 20.1 Å². The maximum absolute atomic E-state index is 10.3. The third kappa shape index (κ3) is 3.54. The Labute approximate surface area is 99.0 Å². The van der Waals surface area contributed by atoms with Crippen LogP contribution < -0.4 is 29.6 Å². The van der Waals surface area contributed by atoms with Crippen LogP contribution in [0, 0.1) is 0 Å². The molecule has 0 amide bonds. The van der Waals surface area contributed by atoms with Gasteiger partial charge in [-0.05, 0) is 22.0 Å². The van der Waals surface area contributed by atoms with E-state index in [0.29, 0.717) is 4.47 Å². The Balaban J connectivity index is 0.000001000. The van der Waals surface area contributed by atoms with Crippen LogP contribution in [0.25, 0.3) is 0 Å². The van der Waals surface area contributed by atoms with Crippen molar-refractivity contribution in [2.75, 3.05) is 0 Å². The summed E-state index contributed by atoms with van der Waals surface area (Å²) in [5, 5.41) is 1.55. The molecule has 56 valence electrons. The first kappa shape index (κ1) is 12.1. The van der Waals surface area contributed by atoms with Gasteiger partial charge in [0.25, 0.3) is 0 Å². The van der Waals surface area contributed by atoms with Gasteiger partial charge in [0.2, 0.25) is 0 Å². The summed E-state index contributed by atoms with van der Waals surface area (Å²) in [6.45, 7) is 0. The zero-order chi connectivity index (χ0) is 7.78. The van der Waals surface area contributed by atoms with Crippen molar-refractivity contribution in [2.24, 2.45) is 0 Å². The van der Waals surface area contributed by atoms with Gasteiger partial charge in [-0.3, -0.25) is 0 Å². The largest absolute Gasteiger partial charge is 1.00 e. The van der Waals surface area contributed by atoms with E-state index in [1.54, 1.807) is 5.38 Å². The predicted molar refractivity (Wildman–Crippen MR) is 40.0 cm³/mol. The van der Waals surface area contributed by atoms with Crippen LogP contribution in [0.4, 0.5) is 0 Å². The molecule has 7 heteroatoms. The van der Waals surface area contributed by atoms with E-state index < -0.39 is 10.1 Å². The van der Waals surface area contributed by atoms with Crippen molar-refractivity contribution < 1.29 is 42.5 Å². The molecule has 11 heavy (non-hydrogen) atoms. The maximum Gasteiger partial charge on any atom is 1.00 e. The standard InChI is InChI=1S/C4H3BrO3S2.Na/c5-3-1-4(9-2-3)10(6,7)8;/h1-2H,(H,6,7,8);/q;+1/p-1.